The lowest BCUT2D eigenvalue weighted by atomic mass is 9.79. The van der Waals surface area contributed by atoms with Gasteiger partial charge >= 0.3 is 6.03 Å². The number of anilines is 1. The monoisotopic (exact) mass is 556 g/mol. The number of nitrogens with zero attached hydrogens (tertiary/aromatic N) is 3. The van der Waals surface area contributed by atoms with Gasteiger partial charge in [0.2, 0.25) is 10.0 Å². The van der Waals surface area contributed by atoms with Crippen molar-refractivity contribution in [3.05, 3.63) is 65.2 Å². The van der Waals surface area contributed by atoms with Gasteiger partial charge < -0.3 is 10.2 Å². The van der Waals surface area contributed by atoms with Crippen molar-refractivity contribution in [2.45, 2.75) is 56.9 Å². The van der Waals surface area contributed by atoms with Gasteiger partial charge in [0.15, 0.2) is 11.6 Å². The number of fused-ring (bicyclic) bond motifs is 1. The third-order valence-electron chi connectivity index (χ3n) is 8.94. The quantitative estimate of drug-likeness (QED) is 0.505. The molecule has 1 aliphatic heterocycles. The number of nitrogens with one attached hydrogen (secondary N) is 1. The molecule has 0 bridgehead atoms. The molecular weight excluding hydrogens is 522 g/mol. The Morgan fingerprint density at radius 1 is 1.15 bits per heavy atom. The summed E-state index contributed by atoms with van der Waals surface area (Å²) in [6, 6.07) is 13.0. The van der Waals surface area contributed by atoms with Gasteiger partial charge in [-0.05, 0) is 92.5 Å². The number of piperidine rings is 1. The normalized spacial score (nSPS) is 25.4. The van der Waals surface area contributed by atoms with Crippen LogP contribution in [0.15, 0.2) is 42.5 Å². The van der Waals surface area contributed by atoms with Crippen LogP contribution in [-0.4, -0.2) is 55.1 Å². The fourth-order valence-electron chi connectivity index (χ4n) is 6.54. The van der Waals surface area contributed by atoms with Gasteiger partial charge in [-0.15, -0.1) is 0 Å². The fourth-order valence-corrected chi connectivity index (χ4v) is 7.68. The van der Waals surface area contributed by atoms with Gasteiger partial charge in [0.1, 0.15) is 0 Å². The number of hydrogen-bond acceptors (Lipinski definition) is 4. The molecule has 7 nitrogen and oxygen atoms in total. The molecular formula is C29H34F2N4O3S. The van der Waals surface area contributed by atoms with Crippen LogP contribution >= 0.6 is 0 Å². The van der Waals surface area contributed by atoms with E-state index in [9.17, 15) is 27.3 Å². The number of amides is 2. The Kier molecular flexibility index (Phi) is 7.66. The van der Waals surface area contributed by atoms with Crippen LogP contribution in [0.4, 0.5) is 19.3 Å². The van der Waals surface area contributed by atoms with Crippen LogP contribution in [0.25, 0.3) is 0 Å². The maximum Gasteiger partial charge on any atom is 0.322 e. The third kappa shape index (κ3) is 5.66. The Labute approximate surface area is 228 Å². The number of hydrogen-bond donors (Lipinski definition) is 1. The Balaban J connectivity index is 1.31. The van der Waals surface area contributed by atoms with Crippen LogP contribution in [0.2, 0.25) is 0 Å². The molecule has 1 N–H and O–H groups in total. The summed E-state index contributed by atoms with van der Waals surface area (Å²) in [4.78, 5) is 15.4. The van der Waals surface area contributed by atoms with Gasteiger partial charge in [-0.2, -0.15) is 5.26 Å². The third-order valence-corrected chi connectivity index (χ3v) is 10.8. The largest absolute Gasteiger partial charge is 0.322 e. The molecule has 0 radical (unpaired) electrons. The van der Waals surface area contributed by atoms with Gasteiger partial charge in [0, 0.05) is 37.4 Å². The molecule has 3 fully saturated rings. The molecule has 2 aromatic carbocycles. The average molecular weight is 557 g/mol. The summed E-state index contributed by atoms with van der Waals surface area (Å²) in [7, 11) is -3.24. The summed E-state index contributed by atoms with van der Waals surface area (Å²) >= 11 is 0. The molecule has 2 saturated carbocycles. The molecule has 3 aliphatic rings. The van der Waals surface area contributed by atoms with Crippen molar-refractivity contribution in [1.29, 1.82) is 5.26 Å². The molecule has 3 atom stereocenters. The second-order valence-electron chi connectivity index (χ2n) is 11.1. The summed E-state index contributed by atoms with van der Waals surface area (Å²) in [5, 5.41) is 12.1. The second-order valence-corrected chi connectivity index (χ2v) is 13.4. The zero-order valence-corrected chi connectivity index (χ0v) is 22.9. The molecule has 1 unspecified atom stereocenters. The first-order valence-electron chi connectivity index (χ1n) is 13.7. The molecule has 2 aliphatic carbocycles. The molecule has 1 saturated heterocycles. The highest BCUT2D eigenvalue weighted by Gasteiger charge is 2.58. The minimum absolute atomic E-state index is 0.0209. The number of rotatable bonds is 7. The van der Waals surface area contributed by atoms with Crippen LogP contribution < -0.4 is 5.32 Å². The van der Waals surface area contributed by atoms with E-state index in [-0.39, 0.29) is 34.8 Å². The highest BCUT2D eigenvalue weighted by molar-refractivity contribution is 7.89. The van der Waals surface area contributed by atoms with E-state index in [0.29, 0.717) is 44.0 Å². The van der Waals surface area contributed by atoms with Crippen molar-refractivity contribution in [1.82, 2.24) is 9.21 Å². The van der Waals surface area contributed by atoms with Crippen LogP contribution in [0.3, 0.4) is 0 Å². The van der Waals surface area contributed by atoms with Gasteiger partial charge in [0.25, 0.3) is 0 Å². The number of urea groups is 1. The first-order chi connectivity index (χ1) is 18.6. The molecule has 0 spiro atoms. The predicted octanol–water partition coefficient (Wildman–Crippen LogP) is 5.24. The Hall–Kier alpha value is -3.03. The van der Waals surface area contributed by atoms with Crippen LogP contribution in [0, 0.1) is 34.8 Å². The van der Waals surface area contributed by atoms with Gasteiger partial charge in [0.05, 0.1) is 17.4 Å². The predicted molar refractivity (Wildman–Crippen MR) is 144 cm³/mol. The van der Waals surface area contributed by atoms with Gasteiger partial charge in [-0.1, -0.05) is 12.1 Å². The number of carbonyl (C=O) groups excluding carboxylic acids is 1. The smallest absolute Gasteiger partial charge is 0.321 e. The molecule has 1 heterocycles. The Morgan fingerprint density at radius 3 is 2.59 bits per heavy atom. The summed E-state index contributed by atoms with van der Waals surface area (Å²) in [5.41, 5.74) is 2.08. The number of benzene rings is 2. The summed E-state index contributed by atoms with van der Waals surface area (Å²) in [5.74, 6) is -1.38. The van der Waals surface area contributed by atoms with Crippen molar-refractivity contribution in [2.75, 3.05) is 30.7 Å². The first kappa shape index (κ1) is 27.5. The number of nitriles is 1. The van der Waals surface area contributed by atoms with Crippen molar-refractivity contribution < 1.29 is 22.0 Å². The van der Waals surface area contributed by atoms with Crippen LogP contribution in [-0.2, 0) is 15.4 Å². The molecule has 0 aromatic heterocycles. The van der Waals surface area contributed by atoms with Crippen LogP contribution in [0.5, 0.6) is 0 Å². The van der Waals surface area contributed by atoms with E-state index in [0.717, 1.165) is 37.8 Å². The Morgan fingerprint density at radius 2 is 1.92 bits per heavy atom. The van der Waals surface area contributed by atoms with E-state index in [1.54, 1.807) is 6.92 Å². The topological polar surface area (TPSA) is 93.5 Å². The van der Waals surface area contributed by atoms with Crippen LogP contribution in [0.1, 0.15) is 56.6 Å². The lowest BCUT2D eigenvalue weighted by Gasteiger charge is -2.40. The summed E-state index contributed by atoms with van der Waals surface area (Å²) in [6.07, 6.45) is 4.86. The van der Waals surface area contributed by atoms with E-state index in [1.807, 2.05) is 23.1 Å². The minimum atomic E-state index is -3.24. The first-order valence-corrected chi connectivity index (χ1v) is 15.3. The zero-order valence-electron chi connectivity index (χ0n) is 22.1. The molecule has 2 aromatic rings. The second kappa shape index (κ2) is 10.9. The summed E-state index contributed by atoms with van der Waals surface area (Å²) < 4.78 is 53.4. The zero-order chi connectivity index (χ0) is 27.8. The SMILES string of the molecule is CCS(=O)(=O)N1CCC(CN(C(=O)Nc2ccc(F)c(F)c2)[C@@H]2CC[C@]3(c4cccc(C#N)c4)CC3C2)CC1. The van der Waals surface area contributed by atoms with Gasteiger partial charge in [-0.25, -0.2) is 26.3 Å². The Bertz CT molecular complexity index is 1390. The van der Waals surface area contributed by atoms with E-state index in [2.05, 4.69) is 17.5 Å². The molecule has 5 rings (SSSR count). The highest BCUT2D eigenvalue weighted by Crippen LogP contribution is 2.63. The lowest BCUT2D eigenvalue weighted by molar-refractivity contribution is 0.132. The molecule has 10 heteroatoms. The average Bonchev–Trinajstić information content (AvgIpc) is 3.69. The van der Waals surface area contributed by atoms with Gasteiger partial charge in [-0.3, -0.25) is 0 Å². The van der Waals surface area contributed by atoms with E-state index in [1.165, 1.54) is 15.9 Å². The summed E-state index contributed by atoms with van der Waals surface area (Å²) in [6.45, 7) is 2.99. The van der Waals surface area contributed by atoms with E-state index >= 15 is 0 Å². The van der Waals surface area contributed by atoms with E-state index < -0.39 is 21.7 Å². The highest BCUT2D eigenvalue weighted by atomic mass is 32.2. The van der Waals surface area contributed by atoms with E-state index in [4.69, 9.17) is 0 Å². The van der Waals surface area contributed by atoms with Crippen molar-refractivity contribution in [2.24, 2.45) is 11.8 Å². The molecule has 208 valence electrons. The van der Waals surface area contributed by atoms with Crippen molar-refractivity contribution >= 4 is 21.7 Å². The number of sulfonamides is 1. The maximum atomic E-state index is 13.8. The molecule has 39 heavy (non-hydrogen) atoms. The fraction of sp³-hybridized carbons (Fsp3) is 0.517. The molecule has 2 amide bonds. The lowest BCUT2D eigenvalue weighted by Crippen LogP contribution is -2.49. The van der Waals surface area contributed by atoms with Crippen molar-refractivity contribution in [3.8, 4) is 6.07 Å². The minimum Gasteiger partial charge on any atom is -0.321 e. The van der Waals surface area contributed by atoms with Crippen molar-refractivity contribution in [3.63, 3.8) is 0 Å². The maximum absolute atomic E-state index is 13.8. The standard InChI is InChI=1S/C29H34F2N4O3S/c1-2-39(37,38)34-12-9-20(10-13-34)19-35(28(36)33-24-6-7-26(30)27(31)16-24)25-8-11-29(17-23(29)15-25)22-5-3-4-21(14-22)18-32/h3-7,14,16,20,23,25H,2,8-13,15,17,19H2,1H3,(H,33,36)/t23?,25-,29-/m1/s1. The number of carbonyl (C=O) groups is 1. The number of halogens is 2.